The Hall–Kier alpha value is -2.04. The highest BCUT2D eigenvalue weighted by Crippen LogP contribution is 2.21. The molecule has 2 aromatic carbocycles. The lowest BCUT2D eigenvalue weighted by Gasteiger charge is -2.16. The number of anilines is 1. The van der Waals surface area contributed by atoms with Crippen LogP contribution in [0.4, 0.5) is 5.69 Å². The van der Waals surface area contributed by atoms with Gasteiger partial charge in [-0.3, -0.25) is 9.59 Å². The Bertz CT molecular complexity index is 785. The van der Waals surface area contributed by atoms with E-state index in [4.69, 9.17) is 23.2 Å². The lowest BCUT2D eigenvalue weighted by molar-refractivity contribution is 0.0788. The molecule has 1 unspecified atom stereocenters. The van der Waals surface area contributed by atoms with Gasteiger partial charge < -0.3 is 10.2 Å². The first kappa shape index (κ1) is 17.8. The smallest absolute Gasteiger partial charge is 0.255 e. The zero-order valence-corrected chi connectivity index (χ0v) is 15.3. The summed E-state index contributed by atoms with van der Waals surface area (Å²) in [5, 5.41) is 3.58. The number of amides is 2. The molecule has 0 spiro atoms. The topological polar surface area (TPSA) is 49.4 Å². The third kappa shape index (κ3) is 4.33. The van der Waals surface area contributed by atoms with Crippen molar-refractivity contribution in [2.24, 2.45) is 5.92 Å². The minimum Gasteiger partial charge on any atom is -0.338 e. The summed E-state index contributed by atoms with van der Waals surface area (Å²) in [7, 11) is 0. The van der Waals surface area contributed by atoms with Crippen LogP contribution in [0.1, 0.15) is 34.1 Å². The molecule has 1 heterocycles. The van der Waals surface area contributed by atoms with E-state index in [2.05, 4.69) is 12.2 Å². The van der Waals surface area contributed by atoms with Gasteiger partial charge in [0.1, 0.15) is 0 Å². The summed E-state index contributed by atoms with van der Waals surface area (Å²) in [5.74, 6) is 0.271. The SMILES string of the molecule is CC1CCN(C(=O)c2ccc(NC(=O)c3cc(Cl)cc(Cl)c3)cc2)C1. The molecule has 1 fully saturated rings. The van der Waals surface area contributed by atoms with Crippen LogP contribution in [0.25, 0.3) is 0 Å². The third-order valence-corrected chi connectivity index (χ3v) is 4.66. The first-order valence-corrected chi connectivity index (χ1v) is 8.85. The van der Waals surface area contributed by atoms with Crippen LogP contribution >= 0.6 is 23.2 Å². The van der Waals surface area contributed by atoms with Crippen molar-refractivity contribution >= 4 is 40.7 Å². The molecular weight excluding hydrogens is 359 g/mol. The van der Waals surface area contributed by atoms with Crippen molar-refractivity contribution in [1.29, 1.82) is 0 Å². The second kappa shape index (κ2) is 7.46. The highest BCUT2D eigenvalue weighted by molar-refractivity contribution is 6.35. The van der Waals surface area contributed by atoms with E-state index < -0.39 is 0 Å². The average Bonchev–Trinajstić information content (AvgIpc) is 3.00. The summed E-state index contributed by atoms with van der Waals surface area (Å²) in [6.45, 7) is 3.74. The number of halogens is 2. The van der Waals surface area contributed by atoms with Crippen molar-refractivity contribution in [1.82, 2.24) is 4.90 Å². The summed E-state index contributed by atoms with van der Waals surface area (Å²) in [5.41, 5.74) is 1.61. The molecule has 2 aromatic rings. The minimum atomic E-state index is -0.308. The Morgan fingerprint density at radius 1 is 1.04 bits per heavy atom. The lowest BCUT2D eigenvalue weighted by Crippen LogP contribution is -2.28. The van der Waals surface area contributed by atoms with Crippen LogP contribution < -0.4 is 5.32 Å². The van der Waals surface area contributed by atoms with Crippen molar-refractivity contribution in [3.05, 3.63) is 63.6 Å². The molecule has 0 bridgehead atoms. The van der Waals surface area contributed by atoms with E-state index in [9.17, 15) is 9.59 Å². The summed E-state index contributed by atoms with van der Waals surface area (Å²) in [6, 6.07) is 11.6. The van der Waals surface area contributed by atoms with Gasteiger partial charge in [0.05, 0.1) is 0 Å². The highest BCUT2D eigenvalue weighted by atomic mass is 35.5. The summed E-state index contributed by atoms with van der Waals surface area (Å²) in [6.07, 6.45) is 1.04. The Morgan fingerprint density at radius 2 is 1.68 bits per heavy atom. The fourth-order valence-corrected chi connectivity index (χ4v) is 3.41. The molecule has 0 radical (unpaired) electrons. The Balaban J connectivity index is 1.68. The molecule has 1 aliphatic rings. The summed E-state index contributed by atoms with van der Waals surface area (Å²) in [4.78, 5) is 26.6. The number of rotatable bonds is 3. The van der Waals surface area contributed by atoms with E-state index >= 15 is 0 Å². The molecule has 0 aromatic heterocycles. The van der Waals surface area contributed by atoms with Crippen molar-refractivity contribution < 1.29 is 9.59 Å². The monoisotopic (exact) mass is 376 g/mol. The van der Waals surface area contributed by atoms with Crippen molar-refractivity contribution in [2.45, 2.75) is 13.3 Å². The van der Waals surface area contributed by atoms with Gasteiger partial charge in [0, 0.05) is 39.9 Å². The summed E-state index contributed by atoms with van der Waals surface area (Å²) >= 11 is 11.8. The molecule has 6 heteroatoms. The second-order valence-corrected chi connectivity index (χ2v) is 7.21. The van der Waals surface area contributed by atoms with E-state index in [0.717, 1.165) is 19.5 Å². The number of nitrogens with one attached hydrogen (secondary N) is 1. The van der Waals surface area contributed by atoms with Gasteiger partial charge >= 0.3 is 0 Å². The molecule has 0 aliphatic carbocycles. The zero-order chi connectivity index (χ0) is 18.0. The van der Waals surface area contributed by atoms with Crippen LogP contribution in [0.5, 0.6) is 0 Å². The first-order chi connectivity index (χ1) is 11.9. The second-order valence-electron chi connectivity index (χ2n) is 6.33. The minimum absolute atomic E-state index is 0.0313. The Labute approximate surface area is 156 Å². The van der Waals surface area contributed by atoms with Gasteiger partial charge in [-0.15, -0.1) is 0 Å². The maximum atomic E-state index is 12.4. The molecule has 2 amide bonds. The Kier molecular flexibility index (Phi) is 5.30. The molecule has 0 saturated carbocycles. The molecule has 25 heavy (non-hydrogen) atoms. The maximum absolute atomic E-state index is 12.4. The summed E-state index contributed by atoms with van der Waals surface area (Å²) < 4.78 is 0. The van der Waals surface area contributed by atoms with Gasteiger partial charge in [-0.25, -0.2) is 0 Å². The predicted octanol–water partition coefficient (Wildman–Crippen LogP) is 4.73. The van der Waals surface area contributed by atoms with Gasteiger partial charge in [0.15, 0.2) is 0 Å². The van der Waals surface area contributed by atoms with Gasteiger partial charge in [-0.1, -0.05) is 30.1 Å². The van der Waals surface area contributed by atoms with Crippen LogP contribution in [0.15, 0.2) is 42.5 Å². The van der Waals surface area contributed by atoms with Crippen LogP contribution in [0.3, 0.4) is 0 Å². The number of benzene rings is 2. The van der Waals surface area contributed by atoms with Gasteiger partial charge in [-0.05, 0) is 54.8 Å². The Morgan fingerprint density at radius 3 is 2.24 bits per heavy atom. The van der Waals surface area contributed by atoms with Crippen molar-refractivity contribution in [2.75, 3.05) is 18.4 Å². The van der Waals surface area contributed by atoms with E-state index in [1.54, 1.807) is 42.5 Å². The van der Waals surface area contributed by atoms with Crippen molar-refractivity contribution in [3.8, 4) is 0 Å². The van der Waals surface area contributed by atoms with Gasteiger partial charge in [0.25, 0.3) is 11.8 Å². The van der Waals surface area contributed by atoms with Gasteiger partial charge in [0.2, 0.25) is 0 Å². The van der Waals surface area contributed by atoms with E-state index in [1.165, 1.54) is 0 Å². The molecule has 1 atom stereocenters. The molecule has 3 rings (SSSR count). The highest BCUT2D eigenvalue weighted by Gasteiger charge is 2.24. The zero-order valence-electron chi connectivity index (χ0n) is 13.8. The fraction of sp³-hybridized carbons (Fsp3) is 0.263. The molecule has 130 valence electrons. The molecule has 1 N–H and O–H groups in total. The average molecular weight is 377 g/mol. The number of nitrogens with zero attached hydrogens (tertiary/aromatic N) is 1. The van der Waals surface area contributed by atoms with Gasteiger partial charge in [-0.2, -0.15) is 0 Å². The standard InChI is InChI=1S/C19H18Cl2N2O2/c1-12-6-7-23(11-12)19(25)13-2-4-17(5-3-13)22-18(24)14-8-15(20)10-16(21)9-14/h2-5,8-10,12H,6-7,11H2,1H3,(H,22,24). The third-order valence-electron chi connectivity index (χ3n) is 4.23. The number of hydrogen-bond acceptors (Lipinski definition) is 2. The molecule has 1 saturated heterocycles. The first-order valence-electron chi connectivity index (χ1n) is 8.09. The van der Waals surface area contributed by atoms with Crippen molar-refractivity contribution in [3.63, 3.8) is 0 Å². The number of likely N-dealkylation sites (tertiary alicyclic amines) is 1. The van der Waals surface area contributed by atoms with Crippen LogP contribution in [0.2, 0.25) is 10.0 Å². The lowest BCUT2D eigenvalue weighted by atomic mass is 10.1. The normalized spacial score (nSPS) is 16.8. The largest absolute Gasteiger partial charge is 0.338 e. The van der Waals surface area contributed by atoms with E-state index in [1.807, 2.05) is 4.90 Å². The number of carbonyl (C=O) groups is 2. The number of hydrogen-bond donors (Lipinski definition) is 1. The number of carbonyl (C=O) groups excluding carboxylic acids is 2. The molecule has 4 nitrogen and oxygen atoms in total. The van der Waals surface area contributed by atoms with Crippen LogP contribution in [-0.2, 0) is 0 Å². The predicted molar refractivity (Wildman–Crippen MR) is 101 cm³/mol. The van der Waals surface area contributed by atoms with E-state index in [-0.39, 0.29) is 11.8 Å². The van der Waals surface area contributed by atoms with E-state index in [0.29, 0.717) is 32.8 Å². The van der Waals surface area contributed by atoms with Crippen LogP contribution in [-0.4, -0.2) is 29.8 Å². The fourth-order valence-electron chi connectivity index (χ4n) is 2.89. The maximum Gasteiger partial charge on any atom is 0.255 e. The molecular formula is C19H18Cl2N2O2. The molecule has 1 aliphatic heterocycles. The van der Waals surface area contributed by atoms with Crippen LogP contribution in [0, 0.1) is 5.92 Å². The quantitative estimate of drug-likeness (QED) is 0.841.